The summed E-state index contributed by atoms with van der Waals surface area (Å²) >= 11 is 4.82. The Morgan fingerprint density at radius 1 is 1.03 bits per heavy atom. The number of aliphatic hydroxyl groups is 1. The van der Waals surface area contributed by atoms with Crippen LogP contribution in [-0.2, 0) is 4.79 Å². The molecule has 1 rings (SSSR count). The molecular weight excluding hydrogens is 416 g/mol. The second kappa shape index (κ2) is 15.0. The Kier molecular flexibility index (Phi) is 13.6. The molecule has 0 radical (unpaired) electrons. The lowest BCUT2D eigenvalue weighted by Crippen LogP contribution is -2.34. The standard InChI is InChI=1S/C28H48O3S/c1-19(10-7-11-20(2)14-9-15-22(4)28(30)31)12-8-13-21(3)16-17-25-18-26(29)23(5)24(6)27(25)32/h10,14,18,21-24,26-27,29,32H,7-9,11-13,15-17H2,1-6H3,(H,30,31)/b19-10+,20-14+. The molecule has 4 heteroatoms. The Morgan fingerprint density at radius 3 is 2.31 bits per heavy atom. The van der Waals surface area contributed by atoms with Crippen LogP contribution in [0.15, 0.2) is 34.9 Å². The van der Waals surface area contributed by atoms with Gasteiger partial charge in [0.25, 0.3) is 0 Å². The first-order valence-electron chi connectivity index (χ1n) is 12.6. The van der Waals surface area contributed by atoms with Crippen LogP contribution in [0.1, 0.15) is 99.3 Å². The van der Waals surface area contributed by atoms with Crippen molar-refractivity contribution in [3.63, 3.8) is 0 Å². The van der Waals surface area contributed by atoms with Gasteiger partial charge in [-0.05, 0) is 83.0 Å². The van der Waals surface area contributed by atoms with Crippen LogP contribution in [0.4, 0.5) is 0 Å². The zero-order valence-electron chi connectivity index (χ0n) is 21.3. The molecule has 0 aromatic heterocycles. The Balaban J connectivity index is 2.25. The molecule has 6 atom stereocenters. The highest BCUT2D eigenvalue weighted by molar-refractivity contribution is 7.81. The van der Waals surface area contributed by atoms with Crippen LogP contribution >= 0.6 is 12.6 Å². The minimum Gasteiger partial charge on any atom is -0.481 e. The summed E-state index contributed by atoms with van der Waals surface area (Å²) in [7, 11) is 0. The number of aliphatic carboxylic acids is 1. The van der Waals surface area contributed by atoms with Gasteiger partial charge in [0.05, 0.1) is 12.0 Å². The molecule has 6 unspecified atom stereocenters. The average molecular weight is 465 g/mol. The molecule has 0 aliphatic heterocycles. The summed E-state index contributed by atoms with van der Waals surface area (Å²) in [5.41, 5.74) is 4.16. The monoisotopic (exact) mass is 464 g/mol. The van der Waals surface area contributed by atoms with E-state index in [1.165, 1.54) is 36.0 Å². The third kappa shape index (κ3) is 10.7. The van der Waals surface area contributed by atoms with Gasteiger partial charge in [-0.1, -0.05) is 69.1 Å². The van der Waals surface area contributed by atoms with Gasteiger partial charge in [0.2, 0.25) is 0 Å². The maximum atomic E-state index is 10.9. The summed E-state index contributed by atoms with van der Waals surface area (Å²) in [6.07, 6.45) is 15.8. The quantitative estimate of drug-likeness (QED) is 0.183. The number of aliphatic hydroxyl groups excluding tert-OH is 1. The molecule has 0 saturated carbocycles. The van der Waals surface area contributed by atoms with E-state index in [1.54, 1.807) is 6.92 Å². The van der Waals surface area contributed by atoms with Gasteiger partial charge in [-0.2, -0.15) is 12.6 Å². The second-order valence-electron chi connectivity index (χ2n) is 10.4. The highest BCUT2D eigenvalue weighted by Crippen LogP contribution is 2.36. The van der Waals surface area contributed by atoms with E-state index in [9.17, 15) is 9.90 Å². The fourth-order valence-electron chi connectivity index (χ4n) is 4.38. The lowest BCUT2D eigenvalue weighted by Gasteiger charge is -2.35. The summed E-state index contributed by atoms with van der Waals surface area (Å²) in [4.78, 5) is 10.9. The summed E-state index contributed by atoms with van der Waals surface area (Å²) in [6.45, 7) is 12.8. The molecule has 0 aromatic carbocycles. The SMILES string of the molecule is C/C(=C\CCC(C)C(=O)O)CC/C=C(\C)CCCC(C)CCC1=CC(O)C(C)C(C)C1S. The Bertz CT molecular complexity index is 664. The van der Waals surface area contributed by atoms with Gasteiger partial charge in [-0.15, -0.1) is 0 Å². The third-order valence-electron chi connectivity index (χ3n) is 7.37. The molecule has 184 valence electrons. The topological polar surface area (TPSA) is 57.5 Å². The van der Waals surface area contributed by atoms with Gasteiger partial charge in [-0.25, -0.2) is 0 Å². The summed E-state index contributed by atoms with van der Waals surface area (Å²) in [5.74, 6) is 0.427. The molecule has 0 fully saturated rings. The van der Waals surface area contributed by atoms with Crippen molar-refractivity contribution in [2.24, 2.45) is 23.7 Å². The van der Waals surface area contributed by atoms with Crippen LogP contribution in [0.3, 0.4) is 0 Å². The number of rotatable bonds is 14. The molecule has 0 spiro atoms. The Labute approximate surface area is 202 Å². The predicted octanol–water partition coefficient (Wildman–Crippen LogP) is 7.62. The van der Waals surface area contributed by atoms with Crippen LogP contribution in [0.5, 0.6) is 0 Å². The summed E-state index contributed by atoms with van der Waals surface area (Å²) < 4.78 is 0. The van der Waals surface area contributed by atoms with Crippen LogP contribution < -0.4 is 0 Å². The number of hydrogen-bond acceptors (Lipinski definition) is 3. The molecule has 1 aliphatic rings. The van der Waals surface area contributed by atoms with Crippen LogP contribution in [-0.4, -0.2) is 27.5 Å². The van der Waals surface area contributed by atoms with E-state index in [4.69, 9.17) is 17.7 Å². The fourth-order valence-corrected chi connectivity index (χ4v) is 4.86. The molecular formula is C28H48O3S. The minimum absolute atomic E-state index is 0.263. The predicted molar refractivity (Wildman–Crippen MR) is 140 cm³/mol. The number of carboxylic acids is 1. The number of carbonyl (C=O) groups is 1. The number of carboxylic acid groups (broad SMARTS) is 1. The number of thiol groups is 1. The first-order valence-corrected chi connectivity index (χ1v) is 13.1. The molecule has 0 amide bonds. The van der Waals surface area contributed by atoms with Crippen LogP contribution in [0.2, 0.25) is 0 Å². The van der Waals surface area contributed by atoms with Crippen molar-refractivity contribution in [3.8, 4) is 0 Å². The first kappa shape index (κ1) is 29.0. The summed E-state index contributed by atoms with van der Waals surface area (Å²) in [6, 6.07) is 0. The maximum Gasteiger partial charge on any atom is 0.306 e. The van der Waals surface area contributed by atoms with Gasteiger partial charge in [-0.3, -0.25) is 4.79 Å². The van der Waals surface area contributed by atoms with Crippen molar-refractivity contribution in [3.05, 3.63) is 34.9 Å². The van der Waals surface area contributed by atoms with Gasteiger partial charge < -0.3 is 10.2 Å². The van der Waals surface area contributed by atoms with Crippen molar-refractivity contribution < 1.29 is 15.0 Å². The molecule has 32 heavy (non-hydrogen) atoms. The molecule has 0 saturated heterocycles. The van der Waals surface area contributed by atoms with Crippen molar-refractivity contribution in [1.29, 1.82) is 0 Å². The number of hydrogen-bond donors (Lipinski definition) is 3. The first-order chi connectivity index (χ1) is 15.0. The van der Waals surface area contributed by atoms with Gasteiger partial charge >= 0.3 is 5.97 Å². The smallest absolute Gasteiger partial charge is 0.306 e. The van der Waals surface area contributed by atoms with Crippen molar-refractivity contribution in [1.82, 2.24) is 0 Å². The van der Waals surface area contributed by atoms with Gasteiger partial charge in [0, 0.05) is 5.25 Å². The zero-order chi connectivity index (χ0) is 24.3. The highest BCUT2D eigenvalue weighted by atomic mass is 32.1. The molecule has 0 aromatic rings. The fraction of sp³-hybridized carbons (Fsp3) is 0.750. The van der Waals surface area contributed by atoms with Gasteiger partial charge in [0.1, 0.15) is 0 Å². The van der Waals surface area contributed by atoms with Gasteiger partial charge in [0.15, 0.2) is 0 Å². The third-order valence-corrected chi connectivity index (χ3v) is 8.17. The van der Waals surface area contributed by atoms with Crippen LogP contribution in [0.25, 0.3) is 0 Å². The lowest BCUT2D eigenvalue weighted by atomic mass is 9.78. The van der Waals surface area contributed by atoms with Crippen molar-refractivity contribution in [2.75, 3.05) is 0 Å². The van der Waals surface area contributed by atoms with E-state index in [0.717, 1.165) is 32.1 Å². The zero-order valence-corrected chi connectivity index (χ0v) is 22.2. The van der Waals surface area contributed by atoms with E-state index < -0.39 is 5.97 Å². The van der Waals surface area contributed by atoms with Crippen molar-refractivity contribution in [2.45, 2.75) is 111 Å². The highest BCUT2D eigenvalue weighted by Gasteiger charge is 2.31. The Morgan fingerprint density at radius 2 is 1.66 bits per heavy atom. The number of allylic oxidation sites excluding steroid dienone is 4. The van der Waals surface area contributed by atoms with Crippen LogP contribution in [0, 0.1) is 23.7 Å². The molecule has 3 nitrogen and oxygen atoms in total. The molecule has 0 heterocycles. The van der Waals surface area contributed by atoms with Crippen molar-refractivity contribution >= 4 is 18.6 Å². The molecule has 2 N–H and O–H groups in total. The van der Waals surface area contributed by atoms with E-state index >= 15 is 0 Å². The van der Waals surface area contributed by atoms with E-state index in [-0.39, 0.29) is 23.2 Å². The molecule has 0 bridgehead atoms. The summed E-state index contributed by atoms with van der Waals surface area (Å²) in [5, 5.41) is 19.5. The minimum atomic E-state index is -0.705. The average Bonchev–Trinajstić information content (AvgIpc) is 2.73. The van der Waals surface area contributed by atoms with E-state index in [2.05, 4.69) is 52.8 Å². The lowest BCUT2D eigenvalue weighted by molar-refractivity contribution is -0.141. The maximum absolute atomic E-state index is 10.9. The second-order valence-corrected chi connectivity index (χ2v) is 10.9. The molecule has 1 aliphatic carbocycles. The normalized spacial score (nSPS) is 26.6. The van der Waals surface area contributed by atoms with E-state index in [0.29, 0.717) is 18.3 Å². The van der Waals surface area contributed by atoms with E-state index in [1.807, 2.05) is 0 Å². The largest absolute Gasteiger partial charge is 0.481 e. The Hall–Kier alpha value is -1.00.